The van der Waals surface area contributed by atoms with Crippen molar-refractivity contribution in [3.05, 3.63) is 30.1 Å². The molecule has 0 atom stereocenters. The number of aromatic nitrogens is 2. The molecule has 2 rings (SSSR count). The summed E-state index contributed by atoms with van der Waals surface area (Å²) < 4.78 is 4.05. The molecule has 0 radical (unpaired) electrons. The average Bonchev–Trinajstić information content (AvgIpc) is 2.63. The minimum atomic E-state index is -0.0114. The minimum absolute atomic E-state index is 0. The molecule has 1 aromatic carbocycles. The number of halogens is 1. The van der Waals surface area contributed by atoms with Crippen molar-refractivity contribution in [2.45, 2.75) is 26.6 Å². The molecule has 0 unspecified atom stereocenters. The second-order valence-electron chi connectivity index (χ2n) is 3.68. The van der Waals surface area contributed by atoms with Crippen molar-refractivity contribution in [2.24, 2.45) is 0 Å². The van der Waals surface area contributed by atoms with E-state index in [-0.39, 0.29) is 30.2 Å². The predicted octanol–water partition coefficient (Wildman–Crippen LogP) is -2.56. The number of aliphatic hydroxyl groups is 2. The van der Waals surface area contributed by atoms with Crippen LogP contribution in [0.4, 0.5) is 0 Å². The molecule has 0 saturated carbocycles. The first-order valence-corrected chi connectivity index (χ1v) is 5.55. The van der Waals surface area contributed by atoms with Gasteiger partial charge in [0.15, 0.2) is 11.0 Å². The van der Waals surface area contributed by atoms with Gasteiger partial charge in [0, 0.05) is 0 Å². The highest BCUT2D eigenvalue weighted by Crippen LogP contribution is 2.14. The molecule has 0 aliphatic heterocycles. The van der Waals surface area contributed by atoms with Crippen LogP contribution in [0, 0.1) is 0 Å². The van der Waals surface area contributed by atoms with E-state index in [9.17, 15) is 5.11 Å². The van der Waals surface area contributed by atoms with Crippen LogP contribution in [0.25, 0.3) is 11.0 Å². The van der Waals surface area contributed by atoms with Crippen molar-refractivity contribution in [1.29, 1.82) is 0 Å². The van der Waals surface area contributed by atoms with E-state index in [0.29, 0.717) is 6.54 Å². The fourth-order valence-corrected chi connectivity index (χ4v) is 2.22. The highest BCUT2D eigenvalue weighted by molar-refractivity contribution is 5.72. The Morgan fingerprint density at radius 3 is 2.53 bits per heavy atom. The van der Waals surface area contributed by atoms with Gasteiger partial charge in [0.1, 0.15) is 13.2 Å². The third-order valence-electron chi connectivity index (χ3n) is 2.87. The summed E-state index contributed by atoms with van der Waals surface area (Å²) in [6.07, 6.45) is 0. The number of aryl methyl sites for hydroxylation is 1. The molecular formula is C12H17BrN2O2. The highest BCUT2D eigenvalue weighted by atomic mass is 79.9. The molecule has 0 fully saturated rings. The SMILES string of the molecule is CCn1c(CO)[n+](CCO)c2ccccc21.[Br-]. The maximum Gasteiger partial charge on any atom is 0.283 e. The van der Waals surface area contributed by atoms with E-state index in [1.54, 1.807) is 0 Å². The van der Waals surface area contributed by atoms with Crippen LogP contribution in [0.3, 0.4) is 0 Å². The van der Waals surface area contributed by atoms with Crippen LogP contribution in [-0.2, 0) is 19.7 Å². The van der Waals surface area contributed by atoms with Crippen LogP contribution in [0.15, 0.2) is 24.3 Å². The van der Waals surface area contributed by atoms with Crippen molar-refractivity contribution >= 4 is 11.0 Å². The Balaban J connectivity index is 0.00000144. The summed E-state index contributed by atoms with van der Waals surface area (Å²) in [5.74, 6) is 0.845. The van der Waals surface area contributed by atoms with Crippen molar-refractivity contribution < 1.29 is 31.8 Å². The van der Waals surface area contributed by atoms with Gasteiger partial charge in [0.25, 0.3) is 5.82 Å². The third-order valence-corrected chi connectivity index (χ3v) is 2.87. The normalized spacial score (nSPS) is 10.5. The summed E-state index contributed by atoms with van der Waals surface area (Å²) >= 11 is 0. The first-order chi connectivity index (χ1) is 7.83. The molecule has 94 valence electrons. The first-order valence-electron chi connectivity index (χ1n) is 5.55. The second-order valence-corrected chi connectivity index (χ2v) is 3.68. The minimum Gasteiger partial charge on any atom is -1.00 e. The number of imidazole rings is 1. The van der Waals surface area contributed by atoms with E-state index < -0.39 is 0 Å². The molecule has 2 aromatic rings. The lowest BCUT2D eigenvalue weighted by Gasteiger charge is -1.99. The molecule has 0 bridgehead atoms. The van der Waals surface area contributed by atoms with Gasteiger partial charge in [0.2, 0.25) is 0 Å². The molecular weight excluding hydrogens is 284 g/mol. The monoisotopic (exact) mass is 300 g/mol. The summed E-state index contributed by atoms with van der Waals surface area (Å²) in [5, 5.41) is 18.5. The van der Waals surface area contributed by atoms with Crippen molar-refractivity contribution in [3.8, 4) is 0 Å². The summed E-state index contributed by atoms with van der Waals surface area (Å²) in [7, 11) is 0. The van der Waals surface area contributed by atoms with Gasteiger partial charge in [0.05, 0.1) is 13.2 Å². The van der Waals surface area contributed by atoms with Gasteiger partial charge in [-0.1, -0.05) is 12.1 Å². The van der Waals surface area contributed by atoms with Crippen LogP contribution >= 0.6 is 0 Å². The molecule has 0 spiro atoms. The molecule has 1 aromatic heterocycles. The van der Waals surface area contributed by atoms with Gasteiger partial charge in [-0.05, 0) is 19.1 Å². The quantitative estimate of drug-likeness (QED) is 0.610. The zero-order valence-corrected chi connectivity index (χ0v) is 11.4. The average molecular weight is 301 g/mol. The number of nitrogens with zero attached hydrogens (tertiary/aromatic N) is 2. The zero-order valence-electron chi connectivity index (χ0n) is 9.80. The van der Waals surface area contributed by atoms with Gasteiger partial charge in [-0.25, -0.2) is 9.13 Å². The summed E-state index contributed by atoms with van der Waals surface area (Å²) in [6, 6.07) is 8.00. The van der Waals surface area contributed by atoms with E-state index in [2.05, 4.69) is 11.5 Å². The van der Waals surface area contributed by atoms with Crippen LogP contribution in [0.2, 0.25) is 0 Å². The smallest absolute Gasteiger partial charge is 0.283 e. The number of benzene rings is 1. The first kappa shape index (κ1) is 14.2. The van der Waals surface area contributed by atoms with Crippen LogP contribution in [-0.4, -0.2) is 21.4 Å². The molecule has 0 saturated heterocycles. The maximum absolute atomic E-state index is 9.43. The summed E-state index contributed by atoms with van der Waals surface area (Å²) in [5.41, 5.74) is 2.16. The lowest BCUT2D eigenvalue weighted by atomic mass is 10.3. The van der Waals surface area contributed by atoms with Crippen molar-refractivity contribution in [1.82, 2.24) is 4.57 Å². The molecule has 5 heteroatoms. The van der Waals surface area contributed by atoms with E-state index >= 15 is 0 Å². The number of hydrogen-bond donors (Lipinski definition) is 2. The number of aliphatic hydroxyl groups excluding tert-OH is 2. The topological polar surface area (TPSA) is 49.3 Å². The Labute approximate surface area is 111 Å². The third kappa shape index (κ3) is 2.36. The van der Waals surface area contributed by atoms with Crippen LogP contribution in [0.5, 0.6) is 0 Å². The number of rotatable bonds is 4. The fraction of sp³-hybridized carbons (Fsp3) is 0.417. The van der Waals surface area contributed by atoms with E-state index in [1.165, 1.54) is 0 Å². The van der Waals surface area contributed by atoms with Crippen molar-refractivity contribution in [2.75, 3.05) is 6.61 Å². The van der Waals surface area contributed by atoms with Gasteiger partial charge in [-0.3, -0.25) is 0 Å². The largest absolute Gasteiger partial charge is 1.00 e. The van der Waals surface area contributed by atoms with Gasteiger partial charge in [-0.2, -0.15) is 0 Å². The van der Waals surface area contributed by atoms with Crippen LogP contribution < -0.4 is 21.5 Å². The molecule has 1 heterocycles. The molecule has 17 heavy (non-hydrogen) atoms. The Kier molecular flexibility index (Phi) is 5.11. The Morgan fingerprint density at radius 1 is 1.24 bits per heavy atom. The van der Waals surface area contributed by atoms with E-state index in [1.807, 2.05) is 28.8 Å². The standard InChI is InChI=1S/C12H17N2O2.BrH/c1-2-13-10-5-3-4-6-11(10)14(7-8-15)12(13)9-16;/h3-6,15-16H,2,7-9H2,1H3;1H/q+1;/p-1. The van der Waals surface area contributed by atoms with Gasteiger partial charge in [-0.15, -0.1) is 0 Å². The summed E-state index contributed by atoms with van der Waals surface area (Å²) in [4.78, 5) is 0. The van der Waals surface area contributed by atoms with Crippen molar-refractivity contribution in [3.63, 3.8) is 0 Å². The maximum atomic E-state index is 9.43. The van der Waals surface area contributed by atoms with E-state index in [4.69, 9.17) is 5.11 Å². The lowest BCUT2D eigenvalue weighted by Crippen LogP contribution is -3.00. The molecule has 4 nitrogen and oxygen atoms in total. The van der Waals surface area contributed by atoms with Crippen LogP contribution in [0.1, 0.15) is 12.7 Å². The molecule has 0 amide bonds. The predicted molar refractivity (Wildman–Crippen MR) is 60.8 cm³/mol. The molecule has 0 aliphatic rings. The summed E-state index contributed by atoms with van der Waals surface area (Å²) in [6.45, 7) is 3.45. The second kappa shape index (κ2) is 6.14. The Bertz CT molecular complexity index is 496. The van der Waals surface area contributed by atoms with E-state index in [0.717, 1.165) is 23.4 Å². The zero-order chi connectivity index (χ0) is 11.5. The fourth-order valence-electron chi connectivity index (χ4n) is 2.22. The Hall–Kier alpha value is -0.910. The number of para-hydroxylation sites is 2. The highest BCUT2D eigenvalue weighted by Gasteiger charge is 2.22. The van der Waals surface area contributed by atoms with Gasteiger partial charge < -0.3 is 27.2 Å². The molecule has 0 aliphatic carbocycles. The number of fused-ring (bicyclic) bond motifs is 1. The Morgan fingerprint density at radius 2 is 1.94 bits per heavy atom. The van der Waals surface area contributed by atoms with Gasteiger partial charge >= 0.3 is 0 Å². The lowest BCUT2D eigenvalue weighted by molar-refractivity contribution is -0.683. The molecule has 2 N–H and O–H groups in total. The number of hydrogen-bond acceptors (Lipinski definition) is 2.